The zero-order valence-electron chi connectivity index (χ0n) is 17.1. The van der Waals surface area contributed by atoms with Crippen molar-refractivity contribution in [3.05, 3.63) is 62.4 Å². The Labute approximate surface area is 186 Å². The molecule has 0 bridgehead atoms. The zero-order chi connectivity index (χ0) is 21.7. The molecule has 162 valence electrons. The number of nitrogens with zero attached hydrogens (tertiary/aromatic N) is 5. The SMILES string of the molecule is C[C@@H]1CN(Cc2cc3c(s2)n(Cc2ccc(F)c(Cl)c2)c(=O)n2ncnc32)C[C@H](C)O1. The van der Waals surface area contributed by atoms with Crippen molar-refractivity contribution in [2.24, 2.45) is 0 Å². The first-order valence-electron chi connectivity index (χ1n) is 10.1. The van der Waals surface area contributed by atoms with Crippen molar-refractivity contribution in [2.45, 2.75) is 39.1 Å². The van der Waals surface area contributed by atoms with E-state index in [0.717, 1.165) is 40.3 Å². The van der Waals surface area contributed by atoms with Gasteiger partial charge in [0.2, 0.25) is 0 Å². The Bertz CT molecular complexity index is 1320. The van der Waals surface area contributed by atoms with Gasteiger partial charge in [0.1, 0.15) is 17.0 Å². The summed E-state index contributed by atoms with van der Waals surface area (Å²) in [5.41, 5.74) is 0.988. The average Bonchev–Trinajstić information content (AvgIpc) is 3.34. The third-order valence-corrected chi connectivity index (χ3v) is 6.84. The number of hydrogen-bond donors (Lipinski definition) is 0. The minimum atomic E-state index is -0.484. The van der Waals surface area contributed by atoms with E-state index in [1.165, 1.54) is 16.9 Å². The van der Waals surface area contributed by atoms with E-state index in [4.69, 9.17) is 16.3 Å². The molecule has 5 rings (SSSR count). The van der Waals surface area contributed by atoms with Gasteiger partial charge in [-0.05, 0) is 37.6 Å². The number of aromatic nitrogens is 4. The maximum Gasteiger partial charge on any atom is 0.352 e. The molecule has 31 heavy (non-hydrogen) atoms. The Morgan fingerprint density at radius 3 is 2.74 bits per heavy atom. The fourth-order valence-corrected chi connectivity index (χ4v) is 5.62. The molecule has 0 N–H and O–H groups in total. The van der Waals surface area contributed by atoms with Gasteiger partial charge >= 0.3 is 5.69 Å². The van der Waals surface area contributed by atoms with E-state index in [1.807, 2.05) is 0 Å². The van der Waals surface area contributed by atoms with Crippen molar-refractivity contribution in [3.8, 4) is 0 Å². The van der Waals surface area contributed by atoms with Gasteiger partial charge in [-0.1, -0.05) is 17.7 Å². The van der Waals surface area contributed by atoms with Crippen molar-refractivity contribution in [2.75, 3.05) is 13.1 Å². The number of ether oxygens (including phenoxy) is 1. The van der Waals surface area contributed by atoms with Crippen molar-refractivity contribution < 1.29 is 9.13 Å². The predicted octanol–water partition coefficient (Wildman–Crippen LogP) is 3.56. The van der Waals surface area contributed by atoms with Gasteiger partial charge in [-0.25, -0.2) is 14.2 Å². The molecule has 1 aliphatic heterocycles. The Morgan fingerprint density at radius 1 is 1.23 bits per heavy atom. The first kappa shape index (κ1) is 20.6. The summed E-state index contributed by atoms with van der Waals surface area (Å²) in [4.78, 5) is 21.8. The third kappa shape index (κ3) is 3.87. The Balaban J connectivity index is 1.58. The van der Waals surface area contributed by atoms with Crippen LogP contribution in [0, 0.1) is 5.82 Å². The summed E-state index contributed by atoms with van der Waals surface area (Å²) in [5, 5.41) is 5.02. The lowest BCUT2D eigenvalue weighted by Gasteiger charge is -2.34. The van der Waals surface area contributed by atoms with Crippen LogP contribution in [0.1, 0.15) is 24.3 Å². The highest BCUT2D eigenvalue weighted by Crippen LogP contribution is 2.29. The van der Waals surface area contributed by atoms with E-state index < -0.39 is 5.82 Å². The molecule has 1 saturated heterocycles. The van der Waals surface area contributed by atoms with Gasteiger partial charge in [0.05, 0.1) is 29.2 Å². The van der Waals surface area contributed by atoms with E-state index in [2.05, 4.69) is 34.9 Å². The van der Waals surface area contributed by atoms with Gasteiger partial charge in [0.25, 0.3) is 0 Å². The highest BCUT2D eigenvalue weighted by molar-refractivity contribution is 7.18. The Hall–Kier alpha value is -2.33. The number of halogens is 2. The molecule has 2 atom stereocenters. The second-order valence-electron chi connectivity index (χ2n) is 8.00. The summed E-state index contributed by atoms with van der Waals surface area (Å²) >= 11 is 7.52. The molecule has 3 aromatic heterocycles. The van der Waals surface area contributed by atoms with Crippen molar-refractivity contribution in [1.29, 1.82) is 0 Å². The maximum atomic E-state index is 13.6. The van der Waals surface area contributed by atoms with Gasteiger partial charge in [0.15, 0.2) is 5.65 Å². The predicted molar refractivity (Wildman–Crippen MR) is 118 cm³/mol. The molecular weight excluding hydrogens is 441 g/mol. The zero-order valence-corrected chi connectivity index (χ0v) is 18.7. The molecule has 0 unspecified atom stereocenters. The van der Waals surface area contributed by atoms with Gasteiger partial charge in [-0.15, -0.1) is 11.3 Å². The van der Waals surface area contributed by atoms with E-state index in [9.17, 15) is 9.18 Å². The van der Waals surface area contributed by atoms with Crippen molar-refractivity contribution in [1.82, 2.24) is 24.1 Å². The summed E-state index contributed by atoms with van der Waals surface area (Å²) < 4.78 is 22.4. The average molecular weight is 462 g/mol. The van der Waals surface area contributed by atoms with Crippen LogP contribution in [0.3, 0.4) is 0 Å². The lowest BCUT2D eigenvalue weighted by molar-refractivity contribution is -0.0702. The van der Waals surface area contributed by atoms with Gasteiger partial charge in [-0.3, -0.25) is 9.47 Å². The lowest BCUT2D eigenvalue weighted by atomic mass is 10.2. The number of hydrogen-bond acceptors (Lipinski definition) is 6. The molecule has 1 aromatic carbocycles. The van der Waals surface area contributed by atoms with E-state index in [0.29, 0.717) is 5.65 Å². The molecule has 0 radical (unpaired) electrons. The lowest BCUT2D eigenvalue weighted by Crippen LogP contribution is -2.44. The fourth-order valence-electron chi connectivity index (χ4n) is 4.23. The second-order valence-corrected chi connectivity index (χ2v) is 9.52. The van der Waals surface area contributed by atoms with Crippen LogP contribution in [0.15, 0.2) is 35.4 Å². The Morgan fingerprint density at radius 2 is 2.00 bits per heavy atom. The van der Waals surface area contributed by atoms with Crippen LogP contribution in [-0.4, -0.2) is 49.4 Å². The summed E-state index contributed by atoms with van der Waals surface area (Å²) in [6.45, 7) is 6.92. The van der Waals surface area contributed by atoms with Crippen molar-refractivity contribution in [3.63, 3.8) is 0 Å². The summed E-state index contributed by atoms with van der Waals surface area (Å²) in [5.74, 6) is -0.484. The monoisotopic (exact) mass is 461 g/mol. The fraction of sp³-hybridized carbons (Fsp3) is 0.381. The summed E-state index contributed by atoms with van der Waals surface area (Å²) in [7, 11) is 0. The molecule has 4 heterocycles. The molecule has 0 saturated carbocycles. The van der Waals surface area contributed by atoms with Crippen LogP contribution in [0.25, 0.3) is 15.9 Å². The minimum Gasteiger partial charge on any atom is -0.373 e. The molecule has 0 aliphatic carbocycles. The summed E-state index contributed by atoms with van der Waals surface area (Å²) in [6, 6.07) is 6.58. The molecule has 1 fully saturated rings. The van der Waals surface area contributed by atoms with Gasteiger partial charge < -0.3 is 4.74 Å². The number of morpholine rings is 1. The molecule has 1 aliphatic rings. The molecular formula is C21H21ClFN5O2S. The quantitative estimate of drug-likeness (QED) is 0.465. The number of benzene rings is 1. The van der Waals surface area contributed by atoms with E-state index in [-0.39, 0.29) is 29.5 Å². The minimum absolute atomic E-state index is 0.0334. The number of thiophene rings is 1. The highest BCUT2D eigenvalue weighted by atomic mass is 35.5. The standard InChI is InChI=1S/C21H21ClFN5O2S/c1-12-7-26(8-13(2)30-12)10-15-6-16-19-24-11-25-28(19)21(29)27(20(16)31-15)9-14-3-4-18(23)17(22)5-14/h3-6,11-13H,7-10H2,1-2H3/t12-,13+. The largest absolute Gasteiger partial charge is 0.373 e. The van der Waals surface area contributed by atoms with Gasteiger partial charge in [-0.2, -0.15) is 9.61 Å². The van der Waals surface area contributed by atoms with Crippen LogP contribution in [0.4, 0.5) is 4.39 Å². The van der Waals surface area contributed by atoms with Crippen LogP contribution in [0.2, 0.25) is 5.02 Å². The first-order chi connectivity index (χ1) is 14.9. The van der Waals surface area contributed by atoms with Crippen LogP contribution >= 0.6 is 22.9 Å². The second kappa shape index (κ2) is 7.98. The summed E-state index contributed by atoms with van der Waals surface area (Å²) in [6.07, 6.45) is 1.75. The van der Waals surface area contributed by atoms with Gasteiger partial charge in [0, 0.05) is 24.5 Å². The van der Waals surface area contributed by atoms with Crippen molar-refractivity contribution >= 4 is 38.8 Å². The molecule has 0 amide bonds. The van der Waals surface area contributed by atoms with E-state index >= 15 is 0 Å². The van der Waals surface area contributed by atoms with Crippen LogP contribution in [-0.2, 0) is 17.8 Å². The van der Waals surface area contributed by atoms with E-state index in [1.54, 1.807) is 28.0 Å². The number of rotatable bonds is 4. The number of fused-ring (bicyclic) bond motifs is 3. The normalized spacial score (nSPS) is 20.1. The first-order valence-corrected chi connectivity index (χ1v) is 11.2. The third-order valence-electron chi connectivity index (χ3n) is 5.41. The van der Waals surface area contributed by atoms with Crippen LogP contribution < -0.4 is 5.69 Å². The highest BCUT2D eigenvalue weighted by Gasteiger charge is 2.24. The smallest absolute Gasteiger partial charge is 0.352 e. The maximum absolute atomic E-state index is 13.6. The molecule has 7 nitrogen and oxygen atoms in total. The topological polar surface area (TPSA) is 64.7 Å². The molecule has 4 aromatic rings. The Kier molecular flexibility index (Phi) is 5.29. The molecule has 0 spiro atoms. The van der Waals surface area contributed by atoms with Crippen LogP contribution in [0.5, 0.6) is 0 Å². The molecule has 10 heteroatoms.